The lowest BCUT2D eigenvalue weighted by atomic mass is 10.1. The van der Waals surface area contributed by atoms with Gasteiger partial charge in [0.15, 0.2) is 29.1 Å². The number of rotatable bonds is 10. The van der Waals surface area contributed by atoms with Crippen LogP contribution in [0.15, 0.2) is 43.0 Å². The van der Waals surface area contributed by atoms with E-state index in [9.17, 15) is 4.79 Å². The minimum absolute atomic E-state index is 0.208. The first kappa shape index (κ1) is 21.2. The maximum atomic E-state index is 12.9. The lowest BCUT2D eigenvalue weighted by Gasteiger charge is -2.20. The van der Waals surface area contributed by atoms with E-state index in [0.29, 0.717) is 40.7 Å². The highest BCUT2D eigenvalue weighted by molar-refractivity contribution is 6.00. The van der Waals surface area contributed by atoms with Gasteiger partial charge in [0.05, 0.1) is 28.4 Å². The number of Topliss-reactive ketones (excluding diaryl/α,β-unsaturated/α-hetero) is 1. The van der Waals surface area contributed by atoms with Crippen LogP contribution in [0.2, 0.25) is 0 Å². The van der Waals surface area contributed by atoms with Gasteiger partial charge in [0.1, 0.15) is 0 Å². The topological polar surface area (TPSA) is 63.2 Å². The minimum atomic E-state index is -0.772. The molecule has 1 unspecified atom stereocenters. The first-order valence-corrected chi connectivity index (χ1v) is 8.77. The Labute approximate surface area is 165 Å². The molecule has 150 valence electrons. The van der Waals surface area contributed by atoms with Gasteiger partial charge >= 0.3 is 0 Å². The Kier molecular flexibility index (Phi) is 7.32. The van der Waals surface area contributed by atoms with Crippen LogP contribution in [0.3, 0.4) is 0 Å². The molecule has 6 heteroatoms. The van der Waals surface area contributed by atoms with E-state index in [1.807, 2.05) is 12.1 Å². The van der Waals surface area contributed by atoms with Gasteiger partial charge in [-0.05, 0) is 49.2 Å². The number of methoxy groups -OCH3 is 4. The molecule has 0 N–H and O–H groups in total. The van der Waals surface area contributed by atoms with Crippen molar-refractivity contribution in [1.29, 1.82) is 0 Å². The van der Waals surface area contributed by atoms with Crippen LogP contribution in [-0.2, 0) is 6.42 Å². The second-order valence-electron chi connectivity index (χ2n) is 6.02. The first-order valence-electron chi connectivity index (χ1n) is 8.77. The highest BCUT2D eigenvalue weighted by Crippen LogP contribution is 2.40. The molecule has 6 nitrogen and oxygen atoms in total. The molecule has 0 fully saturated rings. The van der Waals surface area contributed by atoms with Crippen molar-refractivity contribution in [3.8, 4) is 28.7 Å². The van der Waals surface area contributed by atoms with Crippen molar-refractivity contribution < 1.29 is 28.5 Å². The minimum Gasteiger partial charge on any atom is -0.493 e. The second-order valence-corrected chi connectivity index (χ2v) is 6.02. The van der Waals surface area contributed by atoms with E-state index in [1.165, 1.54) is 7.11 Å². The smallest absolute Gasteiger partial charge is 0.204 e. The van der Waals surface area contributed by atoms with Crippen LogP contribution in [0.25, 0.3) is 0 Å². The summed E-state index contributed by atoms with van der Waals surface area (Å²) in [6, 6.07) is 8.66. The zero-order chi connectivity index (χ0) is 20.7. The van der Waals surface area contributed by atoms with Gasteiger partial charge in [-0.3, -0.25) is 4.79 Å². The monoisotopic (exact) mass is 386 g/mol. The molecular formula is C22H26O6. The molecule has 0 saturated heterocycles. The molecule has 1 atom stereocenters. The Hall–Kier alpha value is -3.15. The van der Waals surface area contributed by atoms with Crippen LogP contribution in [-0.4, -0.2) is 40.3 Å². The summed E-state index contributed by atoms with van der Waals surface area (Å²) < 4.78 is 27.3. The maximum absolute atomic E-state index is 12.9. The highest BCUT2D eigenvalue weighted by atomic mass is 16.5. The molecule has 0 aromatic heterocycles. The zero-order valence-corrected chi connectivity index (χ0v) is 16.9. The molecule has 0 aliphatic heterocycles. The van der Waals surface area contributed by atoms with Gasteiger partial charge < -0.3 is 23.7 Å². The van der Waals surface area contributed by atoms with Gasteiger partial charge in [-0.25, -0.2) is 0 Å². The molecule has 2 aromatic rings. The summed E-state index contributed by atoms with van der Waals surface area (Å²) in [7, 11) is 6.15. The summed E-state index contributed by atoms with van der Waals surface area (Å²) in [4.78, 5) is 12.9. The van der Waals surface area contributed by atoms with E-state index in [2.05, 4.69) is 6.58 Å². The van der Waals surface area contributed by atoms with Crippen molar-refractivity contribution in [2.75, 3.05) is 28.4 Å². The van der Waals surface area contributed by atoms with Crippen molar-refractivity contribution >= 4 is 5.78 Å². The normalized spacial score (nSPS) is 11.3. The molecule has 0 spiro atoms. The molecule has 0 heterocycles. The van der Waals surface area contributed by atoms with Crippen LogP contribution in [0.5, 0.6) is 28.7 Å². The van der Waals surface area contributed by atoms with Gasteiger partial charge in [0, 0.05) is 5.56 Å². The molecular weight excluding hydrogens is 360 g/mol. The predicted molar refractivity (Wildman–Crippen MR) is 107 cm³/mol. The average Bonchev–Trinajstić information content (AvgIpc) is 2.73. The number of ketones is 1. The van der Waals surface area contributed by atoms with Crippen LogP contribution >= 0.6 is 0 Å². The molecule has 2 aromatic carbocycles. The third-order valence-corrected chi connectivity index (χ3v) is 4.23. The summed E-state index contributed by atoms with van der Waals surface area (Å²) >= 11 is 0. The van der Waals surface area contributed by atoms with E-state index in [1.54, 1.807) is 52.5 Å². The quantitative estimate of drug-likeness (QED) is 0.453. The number of carbonyl (C=O) groups is 1. The molecule has 0 radical (unpaired) electrons. The van der Waals surface area contributed by atoms with Gasteiger partial charge in [0.2, 0.25) is 11.5 Å². The largest absolute Gasteiger partial charge is 0.493 e. The van der Waals surface area contributed by atoms with Crippen molar-refractivity contribution in [3.05, 3.63) is 54.1 Å². The molecule has 0 bridgehead atoms. The van der Waals surface area contributed by atoms with E-state index >= 15 is 0 Å². The number of benzene rings is 2. The average molecular weight is 386 g/mol. The van der Waals surface area contributed by atoms with Crippen LogP contribution in [0.4, 0.5) is 0 Å². The molecule has 0 saturated carbocycles. The van der Waals surface area contributed by atoms with Crippen molar-refractivity contribution in [2.24, 2.45) is 0 Å². The standard InChI is InChI=1S/C22H26O6/c1-7-8-15-11-19(26-5)22(20(12-15)27-6)28-14(2)21(23)16-9-10-17(24-3)18(13-16)25-4/h7,9-14H,1,8H2,2-6H3. The summed E-state index contributed by atoms with van der Waals surface area (Å²) in [6.07, 6.45) is 1.68. The molecule has 0 aliphatic rings. The third kappa shape index (κ3) is 4.57. The number of hydrogen-bond acceptors (Lipinski definition) is 6. The van der Waals surface area contributed by atoms with Crippen molar-refractivity contribution in [2.45, 2.75) is 19.4 Å². The molecule has 28 heavy (non-hydrogen) atoms. The fraction of sp³-hybridized carbons (Fsp3) is 0.318. The molecule has 0 aliphatic carbocycles. The van der Waals surface area contributed by atoms with E-state index in [4.69, 9.17) is 23.7 Å². The summed E-state index contributed by atoms with van der Waals surface area (Å²) in [5.74, 6) is 2.17. The molecule has 0 amide bonds. The fourth-order valence-electron chi connectivity index (χ4n) is 2.79. The SMILES string of the molecule is C=CCc1cc(OC)c(OC(C)C(=O)c2ccc(OC)c(OC)c2)c(OC)c1. The van der Waals surface area contributed by atoms with E-state index in [0.717, 1.165) is 5.56 Å². The number of allylic oxidation sites excluding steroid dienone is 1. The number of hydrogen-bond donors (Lipinski definition) is 0. The van der Waals surface area contributed by atoms with E-state index < -0.39 is 6.10 Å². The third-order valence-electron chi connectivity index (χ3n) is 4.23. The van der Waals surface area contributed by atoms with Crippen molar-refractivity contribution in [3.63, 3.8) is 0 Å². The van der Waals surface area contributed by atoms with Gasteiger partial charge in [0.25, 0.3) is 0 Å². The predicted octanol–water partition coefficient (Wildman–Crippen LogP) is 4.10. The maximum Gasteiger partial charge on any atom is 0.204 e. The lowest BCUT2D eigenvalue weighted by molar-refractivity contribution is 0.0808. The number of carbonyl (C=O) groups excluding carboxylic acids is 1. The first-order chi connectivity index (χ1) is 13.5. The Morgan fingerprint density at radius 1 is 0.929 bits per heavy atom. The van der Waals surface area contributed by atoms with Crippen molar-refractivity contribution in [1.82, 2.24) is 0 Å². The Morgan fingerprint density at radius 3 is 2.00 bits per heavy atom. The lowest BCUT2D eigenvalue weighted by Crippen LogP contribution is -2.24. The van der Waals surface area contributed by atoms with Gasteiger partial charge in [-0.15, -0.1) is 6.58 Å². The van der Waals surface area contributed by atoms with Crippen LogP contribution < -0.4 is 23.7 Å². The Morgan fingerprint density at radius 2 is 1.50 bits per heavy atom. The fourth-order valence-corrected chi connectivity index (χ4v) is 2.79. The van der Waals surface area contributed by atoms with Gasteiger partial charge in [-0.2, -0.15) is 0 Å². The second kappa shape index (κ2) is 9.69. The summed E-state index contributed by atoms with van der Waals surface area (Å²) in [6.45, 7) is 5.42. The summed E-state index contributed by atoms with van der Waals surface area (Å²) in [5, 5.41) is 0. The summed E-state index contributed by atoms with van der Waals surface area (Å²) in [5.41, 5.74) is 1.42. The van der Waals surface area contributed by atoms with Crippen LogP contribution in [0.1, 0.15) is 22.8 Å². The number of ether oxygens (including phenoxy) is 5. The Bertz CT molecular complexity index is 818. The highest BCUT2D eigenvalue weighted by Gasteiger charge is 2.23. The van der Waals surface area contributed by atoms with Gasteiger partial charge in [-0.1, -0.05) is 6.08 Å². The zero-order valence-electron chi connectivity index (χ0n) is 16.9. The van der Waals surface area contributed by atoms with Crippen LogP contribution in [0, 0.1) is 0 Å². The van der Waals surface area contributed by atoms with E-state index in [-0.39, 0.29) is 5.78 Å². The Balaban J connectivity index is 2.32. The molecule has 2 rings (SSSR count).